The van der Waals surface area contributed by atoms with Gasteiger partial charge in [-0.25, -0.2) is 12.8 Å². The smallest absolute Gasteiger partial charge is 0.220 e. The minimum absolute atomic E-state index is 0.0363. The molecular weight excluding hydrogens is 283 g/mol. The molecule has 7 heteroatoms. The van der Waals surface area contributed by atoms with E-state index >= 15 is 0 Å². The van der Waals surface area contributed by atoms with Crippen LogP contribution in [0.3, 0.4) is 0 Å². The molecule has 1 aromatic rings. The first-order valence-electron chi connectivity index (χ1n) is 6.33. The van der Waals surface area contributed by atoms with E-state index in [0.717, 1.165) is 12.3 Å². The Morgan fingerprint density at radius 2 is 1.95 bits per heavy atom. The second-order valence-corrected chi connectivity index (χ2v) is 7.06. The average Bonchev–Trinajstić information content (AvgIpc) is 2.37. The normalized spacial score (nSPS) is 17.2. The van der Waals surface area contributed by atoms with Crippen LogP contribution in [0.25, 0.3) is 0 Å². The van der Waals surface area contributed by atoms with Gasteiger partial charge >= 0.3 is 0 Å². The SMILES string of the molecule is CS(=O)(=O)c1ccc(N2CCC(C(N)=O)CC2)c(F)c1. The fourth-order valence-corrected chi connectivity index (χ4v) is 3.01. The molecule has 1 aliphatic heterocycles. The minimum atomic E-state index is -3.41. The van der Waals surface area contributed by atoms with Gasteiger partial charge in [0, 0.05) is 25.3 Å². The van der Waals surface area contributed by atoms with Crippen molar-refractivity contribution in [2.45, 2.75) is 17.7 Å². The Labute approximate surface area is 117 Å². The van der Waals surface area contributed by atoms with E-state index in [2.05, 4.69) is 0 Å². The highest BCUT2D eigenvalue weighted by atomic mass is 32.2. The lowest BCUT2D eigenvalue weighted by molar-refractivity contribution is -0.122. The van der Waals surface area contributed by atoms with Gasteiger partial charge in [-0.15, -0.1) is 0 Å². The van der Waals surface area contributed by atoms with Crippen LogP contribution in [0.15, 0.2) is 23.1 Å². The average molecular weight is 300 g/mol. The zero-order valence-electron chi connectivity index (χ0n) is 11.2. The number of hydrogen-bond donors (Lipinski definition) is 1. The van der Waals surface area contributed by atoms with E-state index in [4.69, 9.17) is 5.73 Å². The molecule has 2 rings (SSSR count). The Hall–Kier alpha value is -1.63. The first-order valence-corrected chi connectivity index (χ1v) is 8.22. The van der Waals surface area contributed by atoms with Gasteiger partial charge in [0.1, 0.15) is 5.82 Å². The van der Waals surface area contributed by atoms with Crippen LogP contribution in [0.5, 0.6) is 0 Å². The number of piperidine rings is 1. The maximum atomic E-state index is 14.0. The highest BCUT2D eigenvalue weighted by Crippen LogP contribution is 2.27. The summed E-state index contributed by atoms with van der Waals surface area (Å²) in [6, 6.07) is 3.90. The maximum absolute atomic E-state index is 14.0. The van der Waals surface area contributed by atoms with Crippen molar-refractivity contribution in [3.63, 3.8) is 0 Å². The van der Waals surface area contributed by atoms with Crippen LogP contribution in [0.4, 0.5) is 10.1 Å². The first kappa shape index (κ1) is 14.8. The number of amides is 1. The summed E-state index contributed by atoms with van der Waals surface area (Å²) in [7, 11) is -3.41. The summed E-state index contributed by atoms with van der Waals surface area (Å²) in [5, 5.41) is 0. The summed E-state index contributed by atoms with van der Waals surface area (Å²) in [5.74, 6) is -1.05. The van der Waals surface area contributed by atoms with E-state index in [9.17, 15) is 17.6 Å². The Balaban J connectivity index is 2.17. The zero-order valence-corrected chi connectivity index (χ0v) is 12.0. The van der Waals surface area contributed by atoms with Crippen LogP contribution in [0.2, 0.25) is 0 Å². The molecular formula is C13H17FN2O3S. The second-order valence-electron chi connectivity index (χ2n) is 5.05. The van der Waals surface area contributed by atoms with Crippen LogP contribution in [0.1, 0.15) is 12.8 Å². The molecule has 1 saturated heterocycles. The Bertz CT molecular complexity index is 623. The fourth-order valence-electron chi connectivity index (χ4n) is 2.38. The molecule has 0 aliphatic carbocycles. The number of nitrogens with zero attached hydrogens (tertiary/aromatic N) is 1. The van der Waals surface area contributed by atoms with Gasteiger partial charge in [0.2, 0.25) is 5.91 Å². The molecule has 20 heavy (non-hydrogen) atoms. The van der Waals surface area contributed by atoms with E-state index in [1.807, 2.05) is 0 Å². The van der Waals surface area contributed by atoms with Crippen molar-refractivity contribution < 1.29 is 17.6 Å². The van der Waals surface area contributed by atoms with Crippen molar-refractivity contribution in [3.8, 4) is 0 Å². The monoisotopic (exact) mass is 300 g/mol. The molecule has 1 aromatic carbocycles. The molecule has 110 valence electrons. The lowest BCUT2D eigenvalue weighted by Gasteiger charge is -2.32. The highest BCUT2D eigenvalue weighted by Gasteiger charge is 2.25. The van der Waals surface area contributed by atoms with Crippen molar-refractivity contribution in [2.24, 2.45) is 11.7 Å². The number of benzene rings is 1. The summed E-state index contributed by atoms with van der Waals surface area (Å²) in [6.07, 6.45) is 2.21. The molecule has 5 nitrogen and oxygen atoms in total. The summed E-state index contributed by atoms with van der Waals surface area (Å²) in [6.45, 7) is 1.06. The van der Waals surface area contributed by atoms with Gasteiger partial charge in [-0.3, -0.25) is 4.79 Å². The van der Waals surface area contributed by atoms with Gasteiger partial charge in [0.15, 0.2) is 9.84 Å². The Kier molecular flexibility index (Phi) is 3.99. The van der Waals surface area contributed by atoms with Crippen molar-refractivity contribution in [3.05, 3.63) is 24.0 Å². The third-order valence-electron chi connectivity index (χ3n) is 3.59. The number of rotatable bonds is 3. The molecule has 1 amide bonds. The van der Waals surface area contributed by atoms with Gasteiger partial charge in [-0.2, -0.15) is 0 Å². The molecule has 0 spiro atoms. The molecule has 1 fully saturated rings. The lowest BCUT2D eigenvalue weighted by atomic mass is 9.96. The lowest BCUT2D eigenvalue weighted by Crippen LogP contribution is -2.38. The number of nitrogens with two attached hydrogens (primary N) is 1. The van der Waals surface area contributed by atoms with Crippen LogP contribution < -0.4 is 10.6 Å². The van der Waals surface area contributed by atoms with Gasteiger partial charge < -0.3 is 10.6 Å². The summed E-state index contributed by atoms with van der Waals surface area (Å²) >= 11 is 0. The number of sulfone groups is 1. The van der Waals surface area contributed by atoms with Crippen LogP contribution in [0, 0.1) is 11.7 Å². The summed E-state index contributed by atoms with van der Waals surface area (Å²) in [4.78, 5) is 12.9. The Morgan fingerprint density at radius 3 is 2.40 bits per heavy atom. The van der Waals surface area contributed by atoms with E-state index in [1.54, 1.807) is 4.90 Å². The predicted molar refractivity (Wildman–Crippen MR) is 73.6 cm³/mol. The quantitative estimate of drug-likeness (QED) is 0.900. The largest absolute Gasteiger partial charge is 0.369 e. The minimum Gasteiger partial charge on any atom is -0.369 e. The molecule has 0 atom stereocenters. The molecule has 2 N–H and O–H groups in total. The number of anilines is 1. The maximum Gasteiger partial charge on any atom is 0.220 e. The molecule has 1 aliphatic rings. The van der Waals surface area contributed by atoms with E-state index in [0.29, 0.717) is 31.6 Å². The van der Waals surface area contributed by atoms with Crippen LogP contribution >= 0.6 is 0 Å². The van der Waals surface area contributed by atoms with E-state index in [1.165, 1.54) is 12.1 Å². The predicted octanol–water partition coefficient (Wildman–Crippen LogP) is 0.931. The third-order valence-corrected chi connectivity index (χ3v) is 4.70. The molecule has 0 radical (unpaired) electrons. The summed E-state index contributed by atoms with van der Waals surface area (Å²) < 4.78 is 36.7. The molecule has 0 bridgehead atoms. The molecule has 0 saturated carbocycles. The molecule has 1 heterocycles. The standard InChI is InChI=1S/C13H17FN2O3S/c1-20(18,19)10-2-3-12(11(14)8-10)16-6-4-9(5-7-16)13(15)17/h2-3,8-9H,4-7H2,1H3,(H2,15,17). The second kappa shape index (κ2) is 5.40. The number of halogens is 1. The van der Waals surface area contributed by atoms with Gasteiger partial charge in [0.25, 0.3) is 0 Å². The van der Waals surface area contributed by atoms with E-state index in [-0.39, 0.29) is 16.7 Å². The fraction of sp³-hybridized carbons (Fsp3) is 0.462. The number of hydrogen-bond acceptors (Lipinski definition) is 4. The molecule has 0 unspecified atom stereocenters. The highest BCUT2D eigenvalue weighted by molar-refractivity contribution is 7.90. The van der Waals surface area contributed by atoms with E-state index < -0.39 is 15.7 Å². The van der Waals surface area contributed by atoms with Gasteiger partial charge in [-0.05, 0) is 31.0 Å². The van der Waals surface area contributed by atoms with Gasteiger partial charge in [0.05, 0.1) is 10.6 Å². The number of carbonyl (C=O) groups excluding carboxylic acids is 1. The van der Waals surface area contributed by atoms with Crippen molar-refractivity contribution in [1.82, 2.24) is 0 Å². The number of primary amides is 1. The van der Waals surface area contributed by atoms with Crippen LogP contribution in [-0.2, 0) is 14.6 Å². The molecule has 0 aromatic heterocycles. The van der Waals surface area contributed by atoms with Crippen LogP contribution in [-0.4, -0.2) is 33.7 Å². The zero-order chi connectivity index (χ0) is 14.9. The third kappa shape index (κ3) is 3.09. The van der Waals surface area contributed by atoms with Crippen molar-refractivity contribution in [2.75, 3.05) is 24.2 Å². The number of carbonyl (C=O) groups is 1. The Morgan fingerprint density at radius 1 is 1.35 bits per heavy atom. The topological polar surface area (TPSA) is 80.5 Å². The van der Waals surface area contributed by atoms with Crippen molar-refractivity contribution in [1.29, 1.82) is 0 Å². The van der Waals surface area contributed by atoms with Crippen molar-refractivity contribution >= 4 is 21.4 Å². The summed E-state index contributed by atoms with van der Waals surface area (Å²) in [5.41, 5.74) is 5.61. The van der Waals surface area contributed by atoms with Gasteiger partial charge in [-0.1, -0.05) is 0 Å². The first-order chi connectivity index (χ1) is 9.29.